The molecule has 1 aromatic rings. The molecule has 4 heteroatoms. The molecule has 0 aromatic carbocycles. The van der Waals surface area contributed by atoms with Crippen molar-refractivity contribution in [2.24, 2.45) is 0 Å². The Hall–Kier alpha value is -0.770. The topological polar surface area (TPSA) is 50.4 Å². The van der Waals surface area contributed by atoms with Crippen molar-refractivity contribution in [1.29, 1.82) is 0 Å². The first-order valence-electron chi connectivity index (χ1n) is 2.60. The second-order valence-electron chi connectivity index (χ2n) is 1.84. The molecule has 0 radical (unpaired) electrons. The Kier molecular flexibility index (Phi) is 1.80. The minimum absolute atomic E-state index is 0.0810. The number of rotatable bonds is 0. The summed E-state index contributed by atoms with van der Waals surface area (Å²) in [6, 6.07) is 1.22. The van der Waals surface area contributed by atoms with Gasteiger partial charge in [-0.1, -0.05) is 0 Å². The average molecular weight is 205 g/mol. The summed E-state index contributed by atoms with van der Waals surface area (Å²) in [6.07, 6.45) is 0. The van der Waals surface area contributed by atoms with Gasteiger partial charge in [0.05, 0.1) is 0 Å². The van der Waals surface area contributed by atoms with E-state index >= 15 is 0 Å². The number of halogens is 1. The van der Waals surface area contributed by atoms with Crippen LogP contribution < -0.4 is 5.43 Å². The molecule has 0 spiro atoms. The molecule has 0 unspecified atom stereocenters. The van der Waals surface area contributed by atoms with E-state index in [0.29, 0.717) is 5.76 Å². The molecule has 0 aliphatic rings. The van der Waals surface area contributed by atoms with Crippen molar-refractivity contribution >= 4 is 15.9 Å². The van der Waals surface area contributed by atoms with Crippen LogP contribution in [0.4, 0.5) is 0 Å². The minimum Gasteiger partial charge on any atom is -0.501 e. The van der Waals surface area contributed by atoms with Crippen LogP contribution in [0.25, 0.3) is 0 Å². The highest BCUT2D eigenvalue weighted by Gasteiger charge is 2.04. The van der Waals surface area contributed by atoms with Gasteiger partial charge in [0.1, 0.15) is 5.76 Å². The zero-order valence-electron chi connectivity index (χ0n) is 5.22. The summed E-state index contributed by atoms with van der Waals surface area (Å²) in [7, 11) is 0. The average Bonchev–Trinajstić information content (AvgIpc) is 1.82. The Labute approximate surface area is 65.4 Å². The van der Waals surface area contributed by atoms with E-state index in [9.17, 15) is 4.79 Å². The predicted octanol–water partition coefficient (Wildman–Crippen LogP) is 1.42. The maximum absolute atomic E-state index is 10.7. The van der Waals surface area contributed by atoms with Gasteiger partial charge in [0, 0.05) is 6.07 Å². The highest BCUT2D eigenvalue weighted by Crippen LogP contribution is 2.19. The predicted molar refractivity (Wildman–Crippen MR) is 39.1 cm³/mol. The lowest BCUT2D eigenvalue weighted by Crippen LogP contribution is -1.98. The fourth-order valence-corrected chi connectivity index (χ4v) is 1.02. The highest BCUT2D eigenvalue weighted by atomic mass is 79.9. The quantitative estimate of drug-likeness (QED) is 0.696. The smallest absolute Gasteiger partial charge is 0.228 e. The summed E-state index contributed by atoms with van der Waals surface area (Å²) >= 11 is 2.88. The van der Waals surface area contributed by atoms with Crippen LogP contribution in [0.2, 0.25) is 0 Å². The molecule has 1 rings (SSSR count). The van der Waals surface area contributed by atoms with Crippen LogP contribution in [-0.2, 0) is 0 Å². The summed E-state index contributed by atoms with van der Waals surface area (Å²) in [5.74, 6) is 0.0836. The van der Waals surface area contributed by atoms with Crippen LogP contribution >= 0.6 is 15.9 Å². The highest BCUT2D eigenvalue weighted by molar-refractivity contribution is 9.10. The van der Waals surface area contributed by atoms with Gasteiger partial charge >= 0.3 is 0 Å². The molecule has 1 heterocycles. The van der Waals surface area contributed by atoms with Gasteiger partial charge in [-0.05, 0) is 22.9 Å². The molecule has 3 nitrogen and oxygen atoms in total. The van der Waals surface area contributed by atoms with Gasteiger partial charge in [-0.3, -0.25) is 4.79 Å². The molecule has 0 aliphatic carbocycles. The Morgan fingerprint density at radius 1 is 1.70 bits per heavy atom. The summed E-state index contributed by atoms with van der Waals surface area (Å²) in [4.78, 5) is 10.7. The Morgan fingerprint density at radius 3 is 2.80 bits per heavy atom. The standard InChI is InChI=1S/C6H5BrO3/c1-3-2-4(8)5(9)6(7)10-3/h2,9H,1H3. The third kappa shape index (κ3) is 1.21. The van der Waals surface area contributed by atoms with Crippen LogP contribution in [0.5, 0.6) is 5.75 Å². The fourth-order valence-electron chi connectivity index (χ4n) is 0.569. The second kappa shape index (κ2) is 2.46. The van der Waals surface area contributed by atoms with E-state index in [-0.39, 0.29) is 10.4 Å². The van der Waals surface area contributed by atoms with Crippen LogP contribution in [0.1, 0.15) is 5.76 Å². The first-order valence-corrected chi connectivity index (χ1v) is 3.40. The summed E-state index contributed by atoms with van der Waals surface area (Å²) < 4.78 is 4.94. The van der Waals surface area contributed by atoms with Crippen molar-refractivity contribution in [3.05, 3.63) is 26.7 Å². The Balaban J connectivity index is 3.46. The van der Waals surface area contributed by atoms with E-state index < -0.39 is 5.43 Å². The molecule has 10 heavy (non-hydrogen) atoms. The molecule has 0 fully saturated rings. The monoisotopic (exact) mass is 204 g/mol. The molecule has 54 valence electrons. The van der Waals surface area contributed by atoms with E-state index in [0.717, 1.165) is 0 Å². The zero-order chi connectivity index (χ0) is 7.72. The van der Waals surface area contributed by atoms with Crippen LogP contribution in [-0.4, -0.2) is 5.11 Å². The summed E-state index contributed by atoms with van der Waals surface area (Å²) in [6.45, 7) is 1.63. The fraction of sp³-hybridized carbons (Fsp3) is 0.167. The van der Waals surface area contributed by atoms with Crippen molar-refractivity contribution < 1.29 is 9.52 Å². The normalized spacial score (nSPS) is 9.80. The van der Waals surface area contributed by atoms with Gasteiger partial charge < -0.3 is 9.52 Å². The maximum atomic E-state index is 10.7. The van der Waals surface area contributed by atoms with E-state index in [1.165, 1.54) is 6.07 Å². The molecular weight excluding hydrogens is 200 g/mol. The van der Waals surface area contributed by atoms with Crippen molar-refractivity contribution in [1.82, 2.24) is 0 Å². The lowest BCUT2D eigenvalue weighted by Gasteiger charge is -1.94. The van der Waals surface area contributed by atoms with E-state index in [2.05, 4.69) is 15.9 Å². The van der Waals surface area contributed by atoms with Crippen molar-refractivity contribution in [3.63, 3.8) is 0 Å². The van der Waals surface area contributed by atoms with E-state index in [1.807, 2.05) is 0 Å². The van der Waals surface area contributed by atoms with Gasteiger partial charge in [-0.15, -0.1) is 0 Å². The van der Waals surface area contributed by atoms with Crippen LogP contribution in [0.15, 0.2) is 19.9 Å². The maximum Gasteiger partial charge on any atom is 0.228 e. The first-order chi connectivity index (χ1) is 4.61. The number of hydrogen-bond acceptors (Lipinski definition) is 3. The van der Waals surface area contributed by atoms with Gasteiger partial charge in [-0.2, -0.15) is 0 Å². The third-order valence-electron chi connectivity index (χ3n) is 1.00. The second-order valence-corrected chi connectivity index (χ2v) is 2.56. The molecule has 0 atom stereocenters. The lowest BCUT2D eigenvalue weighted by atomic mass is 10.4. The van der Waals surface area contributed by atoms with Gasteiger partial charge in [-0.25, -0.2) is 0 Å². The molecule has 1 aromatic heterocycles. The molecule has 1 N–H and O–H groups in total. The Morgan fingerprint density at radius 2 is 2.30 bits per heavy atom. The van der Waals surface area contributed by atoms with Crippen molar-refractivity contribution in [2.75, 3.05) is 0 Å². The molecular formula is C6H5BrO3. The zero-order valence-corrected chi connectivity index (χ0v) is 6.81. The lowest BCUT2D eigenvalue weighted by molar-refractivity contribution is 0.403. The molecule has 0 bridgehead atoms. The molecule has 0 amide bonds. The molecule has 0 aliphatic heterocycles. The summed E-state index contributed by atoms with van der Waals surface area (Å²) in [5, 5.41) is 8.88. The van der Waals surface area contributed by atoms with Crippen LogP contribution in [0, 0.1) is 6.92 Å². The largest absolute Gasteiger partial charge is 0.501 e. The van der Waals surface area contributed by atoms with E-state index in [1.54, 1.807) is 6.92 Å². The molecule has 0 saturated carbocycles. The van der Waals surface area contributed by atoms with Gasteiger partial charge in [0.15, 0.2) is 0 Å². The number of aryl methyl sites for hydroxylation is 1. The number of hydrogen-bond donors (Lipinski definition) is 1. The SMILES string of the molecule is Cc1cc(=O)c(O)c(Br)o1. The minimum atomic E-state index is -0.435. The Bertz CT molecular complexity index is 302. The van der Waals surface area contributed by atoms with Crippen LogP contribution in [0.3, 0.4) is 0 Å². The summed E-state index contributed by atoms with van der Waals surface area (Å²) in [5.41, 5.74) is -0.435. The van der Waals surface area contributed by atoms with Gasteiger partial charge in [0.2, 0.25) is 15.8 Å². The van der Waals surface area contributed by atoms with Gasteiger partial charge in [0.25, 0.3) is 0 Å². The van der Waals surface area contributed by atoms with Crippen molar-refractivity contribution in [2.45, 2.75) is 6.92 Å². The first kappa shape index (κ1) is 7.34. The van der Waals surface area contributed by atoms with Crippen molar-refractivity contribution in [3.8, 4) is 5.75 Å². The van der Waals surface area contributed by atoms with E-state index in [4.69, 9.17) is 9.52 Å². The number of aromatic hydroxyl groups is 1. The molecule has 0 saturated heterocycles. The third-order valence-corrected chi connectivity index (χ3v) is 1.54.